The van der Waals surface area contributed by atoms with E-state index in [0.717, 1.165) is 133 Å². The van der Waals surface area contributed by atoms with E-state index in [1.165, 1.54) is 73.3 Å². The zero-order valence-corrected chi connectivity index (χ0v) is 54.5. The fourth-order valence-corrected chi connectivity index (χ4v) is 13.1. The van der Waals surface area contributed by atoms with Crippen LogP contribution in [0.25, 0.3) is 11.3 Å². The van der Waals surface area contributed by atoms with E-state index >= 15 is 0 Å². The molecule has 22 nitrogen and oxygen atoms in total. The van der Waals surface area contributed by atoms with E-state index in [1.54, 1.807) is 21.9 Å². The van der Waals surface area contributed by atoms with Crippen LogP contribution in [0.3, 0.4) is 0 Å². The van der Waals surface area contributed by atoms with Crippen LogP contribution in [0.4, 0.5) is 23.0 Å². The summed E-state index contributed by atoms with van der Waals surface area (Å²) in [5.41, 5.74) is 3.15. The summed E-state index contributed by atoms with van der Waals surface area (Å²) in [5.74, 6) is 1.50. The minimum Gasteiger partial charge on any atom is -0.460 e. The number of carbonyl (C=O) groups excluding carboxylic acids is 3. The number of halogens is 4. The third-order valence-electron chi connectivity index (χ3n) is 15.7. The minimum atomic E-state index is -3.58. The Morgan fingerprint density at radius 1 is 0.563 bits per heavy atom. The van der Waals surface area contributed by atoms with E-state index in [1.807, 2.05) is 31.4 Å². The second-order valence-corrected chi connectivity index (χ2v) is 28.9. The first-order valence-corrected chi connectivity index (χ1v) is 35.1. The van der Waals surface area contributed by atoms with Crippen LogP contribution in [0.1, 0.15) is 148 Å². The molecule has 0 bridgehead atoms. The summed E-state index contributed by atoms with van der Waals surface area (Å²) in [6.45, 7) is 15.1. The Hall–Kier alpha value is -5.73. The third-order valence-corrected chi connectivity index (χ3v) is 17.8. The van der Waals surface area contributed by atoms with Crippen LogP contribution >= 0.6 is 46.4 Å². The van der Waals surface area contributed by atoms with Gasteiger partial charge in [-0.1, -0.05) is 46.4 Å². The highest BCUT2D eigenvalue weighted by Crippen LogP contribution is 2.38. The van der Waals surface area contributed by atoms with Crippen molar-refractivity contribution >= 4 is 119 Å². The Kier molecular flexibility index (Phi) is 21.8. The molecule has 0 radical (unpaired) electrons. The van der Waals surface area contributed by atoms with Gasteiger partial charge >= 0.3 is 5.97 Å². The quantitative estimate of drug-likeness (QED) is 0.0695. The van der Waals surface area contributed by atoms with Gasteiger partial charge in [0, 0.05) is 73.6 Å². The molecule has 28 heteroatoms. The third kappa shape index (κ3) is 17.6. The number of rotatable bonds is 11. The van der Waals surface area contributed by atoms with Crippen LogP contribution in [0.15, 0.2) is 60.7 Å². The van der Waals surface area contributed by atoms with Crippen molar-refractivity contribution < 1.29 is 36.0 Å². The van der Waals surface area contributed by atoms with E-state index in [4.69, 9.17) is 61.2 Å². The fraction of sp³-hybridized carbons (Fsp3) is 0.542. The number of anilines is 4. The SMILES string of the molecule is C1CNC1.CC(C)(C)OC(=O)C1CCNCC1.CS(=O)(=O)Nc1ccc(Cl)cc1C(=O)N1CCCC[C@H]1c1cc2nc(Cl)cc(Cl)n2n1.CS(=O)(=O)Nc1ccc(Cl)cc1C(=O)N1CCCC[C@H]1c1cc2nc(N3CCC3)cc(N3CCCCC3)n2n1. The number of amides is 2. The monoisotopic (exact) mass is 1310 g/mol. The van der Waals surface area contributed by atoms with E-state index in [0.29, 0.717) is 46.0 Å². The second kappa shape index (κ2) is 28.8. The van der Waals surface area contributed by atoms with Crippen LogP contribution in [-0.2, 0) is 29.6 Å². The number of ether oxygens (including phenoxy) is 1. The number of sulfonamides is 2. The molecule has 2 atom stereocenters. The van der Waals surface area contributed by atoms with Crippen molar-refractivity contribution in [1.29, 1.82) is 0 Å². The average molecular weight is 1320 g/mol. The zero-order valence-electron chi connectivity index (χ0n) is 49.8. The molecule has 6 saturated heterocycles. The molecule has 472 valence electrons. The number of hydrogen-bond acceptors (Lipinski definition) is 16. The van der Waals surface area contributed by atoms with Gasteiger partial charge in [0.2, 0.25) is 20.0 Å². The first-order valence-electron chi connectivity index (χ1n) is 29.8. The summed E-state index contributed by atoms with van der Waals surface area (Å²) < 4.78 is 61.1. The van der Waals surface area contributed by atoms with Crippen molar-refractivity contribution in [1.82, 2.24) is 49.6 Å². The molecule has 4 N–H and O–H groups in total. The largest absolute Gasteiger partial charge is 0.460 e. The highest BCUT2D eigenvalue weighted by Gasteiger charge is 2.35. The van der Waals surface area contributed by atoms with E-state index in [2.05, 4.69) is 46.0 Å². The van der Waals surface area contributed by atoms with Crippen molar-refractivity contribution in [3.63, 3.8) is 0 Å². The van der Waals surface area contributed by atoms with E-state index in [-0.39, 0.29) is 69.0 Å². The molecular formula is C59H78Cl4N14O8S2. The Morgan fingerprint density at radius 3 is 1.52 bits per heavy atom. The summed E-state index contributed by atoms with van der Waals surface area (Å²) in [4.78, 5) is 56.4. The Balaban J connectivity index is 0.000000166. The summed E-state index contributed by atoms with van der Waals surface area (Å²) in [6.07, 6.45) is 15.1. The number of esters is 1. The maximum absolute atomic E-state index is 13.9. The van der Waals surface area contributed by atoms with Crippen molar-refractivity contribution in [2.24, 2.45) is 5.92 Å². The Bertz CT molecular complexity index is 3650. The molecule has 4 aromatic heterocycles. The first-order chi connectivity index (χ1) is 41.4. The van der Waals surface area contributed by atoms with Crippen LogP contribution in [0.5, 0.6) is 0 Å². The number of benzene rings is 2. The fourth-order valence-electron chi connectivity index (χ4n) is 11.1. The summed E-state index contributed by atoms with van der Waals surface area (Å²) in [7, 11) is -7.16. The Morgan fingerprint density at radius 2 is 1.05 bits per heavy atom. The molecule has 2 amide bonds. The summed E-state index contributed by atoms with van der Waals surface area (Å²) >= 11 is 24.6. The normalized spacial score (nSPS) is 19.3. The van der Waals surface area contributed by atoms with Gasteiger partial charge < -0.3 is 35.0 Å². The lowest BCUT2D eigenvalue weighted by Crippen LogP contribution is -2.39. The lowest BCUT2D eigenvalue weighted by molar-refractivity contribution is -0.160. The van der Waals surface area contributed by atoms with Crippen LogP contribution in [0, 0.1) is 5.92 Å². The van der Waals surface area contributed by atoms with Gasteiger partial charge in [-0.2, -0.15) is 14.7 Å². The van der Waals surface area contributed by atoms with Crippen molar-refractivity contribution in [2.45, 2.75) is 122 Å². The molecule has 6 aliphatic heterocycles. The topological polar surface area (TPSA) is 250 Å². The summed E-state index contributed by atoms with van der Waals surface area (Å²) in [6, 6.07) is 15.9. The molecule has 6 aliphatic rings. The number of nitrogens with zero attached hydrogens (tertiary/aromatic N) is 10. The van der Waals surface area contributed by atoms with Crippen LogP contribution in [0.2, 0.25) is 20.4 Å². The lowest BCUT2D eigenvalue weighted by atomic mass is 9.98. The molecule has 0 spiro atoms. The first kappa shape index (κ1) is 65.7. The number of piperidine rings is 4. The van der Waals surface area contributed by atoms with Crippen molar-refractivity contribution in [2.75, 3.05) is 97.2 Å². The predicted molar refractivity (Wildman–Crippen MR) is 343 cm³/mol. The van der Waals surface area contributed by atoms with Gasteiger partial charge in [0.05, 0.1) is 64.4 Å². The molecule has 6 aromatic rings. The molecular weight excluding hydrogens is 1240 g/mol. The zero-order chi connectivity index (χ0) is 62.2. The van der Waals surface area contributed by atoms with E-state index < -0.39 is 20.0 Å². The van der Waals surface area contributed by atoms with Crippen molar-refractivity contribution in [3.05, 3.63) is 104 Å². The number of aromatic nitrogens is 6. The van der Waals surface area contributed by atoms with E-state index in [9.17, 15) is 31.2 Å². The minimum absolute atomic E-state index is 0.0333. The second-order valence-electron chi connectivity index (χ2n) is 23.8. The average Bonchev–Trinajstić information content (AvgIpc) is 1.86. The van der Waals surface area contributed by atoms with Gasteiger partial charge in [-0.25, -0.2) is 31.3 Å². The molecule has 0 saturated carbocycles. The van der Waals surface area contributed by atoms with Crippen molar-refractivity contribution in [3.8, 4) is 0 Å². The lowest BCUT2D eigenvalue weighted by Gasteiger charge is -2.35. The molecule has 2 aromatic carbocycles. The molecule has 0 aliphatic carbocycles. The number of nitrogens with one attached hydrogen (secondary N) is 4. The molecule has 6 fully saturated rings. The van der Waals surface area contributed by atoms with Gasteiger partial charge in [-0.15, -0.1) is 0 Å². The van der Waals surface area contributed by atoms with Gasteiger partial charge in [0.15, 0.2) is 11.3 Å². The van der Waals surface area contributed by atoms with Crippen LogP contribution < -0.4 is 29.9 Å². The highest BCUT2D eigenvalue weighted by molar-refractivity contribution is 7.92. The maximum Gasteiger partial charge on any atom is 0.309 e. The smallest absolute Gasteiger partial charge is 0.309 e. The molecule has 0 unspecified atom stereocenters. The standard InChI is InChI=1S/C27H34ClN7O3S.C19H18Cl3N5O3S.C10H19NO2.C3H7N/c1-39(37,38)31-21-10-9-19(28)16-20(21)27(36)34-15-6-3-8-23(34)22-17-25-29-24(32-13-7-14-32)18-26(35(25)30-22)33-11-4-2-5-12-33;1-31(29,30)25-13-6-5-11(20)8-12(13)19(28)26-7-3-2-4-15(26)14-9-18-23-16(21)10-17(22)27(18)24-14;1-10(2,3)13-9(12)8-4-6-11-7-5-8;1-2-4-3-1/h9-10,16-18,23,31H,2-8,11-15H2,1H3;5-6,8-10,15,25H,2-4,7H2,1H3;8,11H,4-7H2,1-3H3;4H,1-3H2/t23-;15-;;/m00../s1. The highest BCUT2D eigenvalue weighted by atomic mass is 35.5. The van der Waals surface area contributed by atoms with Gasteiger partial charge in [-0.3, -0.25) is 23.8 Å². The number of fused-ring (bicyclic) bond motifs is 2. The van der Waals surface area contributed by atoms with Crippen LogP contribution in [-0.4, -0.2) is 157 Å². The van der Waals surface area contributed by atoms with Gasteiger partial charge in [-0.05, 0) is 167 Å². The molecule has 10 heterocycles. The molecule has 87 heavy (non-hydrogen) atoms. The van der Waals surface area contributed by atoms with Gasteiger partial charge in [0.25, 0.3) is 11.8 Å². The maximum atomic E-state index is 13.9. The Labute approximate surface area is 529 Å². The number of likely N-dealkylation sites (tertiary alicyclic amines) is 2. The summed E-state index contributed by atoms with van der Waals surface area (Å²) in [5, 5.41) is 17.2. The number of hydrogen-bond donors (Lipinski definition) is 4. The van der Waals surface area contributed by atoms with Gasteiger partial charge in [0.1, 0.15) is 27.5 Å². The molecule has 12 rings (SSSR count). The predicted octanol–water partition coefficient (Wildman–Crippen LogP) is 10.1. The number of carbonyl (C=O) groups is 3.